The number of carbonyl (C=O) groups is 1. The van der Waals surface area contributed by atoms with Gasteiger partial charge in [-0.1, -0.05) is 11.6 Å². The number of carbonyl (C=O) groups excluding carboxylic acids is 1. The van der Waals surface area contributed by atoms with Crippen molar-refractivity contribution in [1.82, 2.24) is 10.6 Å². The molecule has 0 aliphatic heterocycles. The molecule has 5 heteroatoms. The minimum Gasteiger partial charge on any atom is -0.353 e. The first-order valence-corrected chi connectivity index (χ1v) is 7.18. The van der Waals surface area contributed by atoms with E-state index in [2.05, 4.69) is 16.7 Å². The molecule has 1 aromatic rings. The lowest BCUT2D eigenvalue weighted by Crippen LogP contribution is -2.29. The van der Waals surface area contributed by atoms with E-state index in [1.165, 1.54) is 4.88 Å². The van der Waals surface area contributed by atoms with E-state index in [9.17, 15) is 4.79 Å². The zero-order chi connectivity index (χ0) is 12.1. The van der Waals surface area contributed by atoms with Gasteiger partial charge < -0.3 is 10.6 Å². The van der Waals surface area contributed by atoms with Gasteiger partial charge in [0.2, 0.25) is 5.91 Å². The maximum absolute atomic E-state index is 11.4. The minimum absolute atomic E-state index is 0.166. The van der Waals surface area contributed by atoms with E-state index in [4.69, 9.17) is 11.6 Å². The molecule has 3 nitrogen and oxygen atoms in total. The summed E-state index contributed by atoms with van der Waals surface area (Å²) in [5.74, 6) is 0.166. The van der Waals surface area contributed by atoms with Crippen LogP contribution in [0.4, 0.5) is 0 Å². The summed E-state index contributed by atoms with van der Waals surface area (Å²) in [6.45, 7) is 1.64. The van der Waals surface area contributed by atoms with Crippen LogP contribution < -0.4 is 10.6 Å². The number of nitrogens with one attached hydrogen (secondary N) is 2. The van der Waals surface area contributed by atoms with Crippen LogP contribution in [0.25, 0.3) is 0 Å². The third-order valence-corrected chi connectivity index (χ3v) is 3.94. The number of halogens is 1. The molecule has 0 bridgehead atoms. The van der Waals surface area contributed by atoms with E-state index >= 15 is 0 Å². The Morgan fingerprint density at radius 3 is 2.88 bits per heavy atom. The summed E-state index contributed by atoms with van der Waals surface area (Å²) in [6, 6.07) is 4.44. The molecule has 1 aliphatic rings. The molecule has 17 heavy (non-hydrogen) atoms. The van der Waals surface area contributed by atoms with Crippen LogP contribution in [-0.2, 0) is 11.2 Å². The highest BCUT2D eigenvalue weighted by Crippen LogP contribution is 2.21. The number of rotatable bonds is 7. The second-order valence-corrected chi connectivity index (χ2v) is 6.10. The Labute approximate surface area is 111 Å². The van der Waals surface area contributed by atoms with Gasteiger partial charge in [-0.3, -0.25) is 4.79 Å². The van der Waals surface area contributed by atoms with Crippen LogP contribution in [-0.4, -0.2) is 25.0 Å². The molecular weight excluding hydrogens is 256 g/mol. The van der Waals surface area contributed by atoms with Crippen LogP contribution in [0, 0.1) is 0 Å². The van der Waals surface area contributed by atoms with Gasteiger partial charge in [-0.15, -0.1) is 11.3 Å². The summed E-state index contributed by atoms with van der Waals surface area (Å²) in [4.78, 5) is 12.6. The molecule has 1 saturated carbocycles. The molecule has 0 unspecified atom stereocenters. The molecule has 1 heterocycles. The first kappa shape index (κ1) is 12.9. The van der Waals surface area contributed by atoms with E-state index < -0.39 is 0 Å². The summed E-state index contributed by atoms with van der Waals surface area (Å²) >= 11 is 7.46. The molecular formula is C12H17ClN2OS. The number of hydrogen-bond acceptors (Lipinski definition) is 3. The molecule has 1 amide bonds. The molecule has 0 saturated heterocycles. The molecule has 0 aromatic carbocycles. The van der Waals surface area contributed by atoms with Crippen LogP contribution in [0.5, 0.6) is 0 Å². The highest BCUT2D eigenvalue weighted by atomic mass is 35.5. The fourth-order valence-corrected chi connectivity index (χ4v) is 2.64. The topological polar surface area (TPSA) is 41.1 Å². The third-order valence-electron chi connectivity index (χ3n) is 2.65. The lowest BCUT2D eigenvalue weighted by Gasteiger charge is -2.04. The van der Waals surface area contributed by atoms with Gasteiger partial charge in [0.15, 0.2) is 0 Å². The average Bonchev–Trinajstić information content (AvgIpc) is 3.00. The van der Waals surface area contributed by atoms with E-state index in [1.54, 1.807) is 11.3 Å². The fourth-order valence-electron chi connectivity index (χ4n) is 1.55. The van der Waals surface area contributed by atoms with Crippen molar-refractivity contribution in [3.05, 3.63) is 21.3 Å². The molecule has 1 aromatic heterocycles. The minimum atomic E-state index is 0.166. The molecule has 0 radical (unpaired) electrons. The smallest absolute Gasteiger partial charge is 0.221 e. The second-order valence-electron chi connectivity index (χ2n) is 4.30. The predicted molar refractivity (Wildman–Crippen MR) is 71.7 cm³/mol. The van der Waals surface area contributed by atoms with Gasteiger partial charge in [-0.25, -0.2) is 0 Å². The van der Waals surface area contributed by atoms with Gasteiger partial charge in [-0.2, -0.15) is 0 Å². The van der Waals surface area contributed by atoms with E-state index in [0.29, 0.717) is 12.5 Å². The average molecular weight is 273 g/mol. The van der Waals surface area contributed by atoms with E-state index in [-0.39, 0.29) is 5.91 Å². The van der Waals surface area contributed by atoms with E-state index in [0.717, 1.165) is 36.7 Å². The summed E-state index contributed by atoms with van der Waals surface area (Å²) in [5.41, 5.74) is 0. The Kier molecular flexibility index (Phi) is 4.83. The number of amides is 1. The van der Waals surface area contributed by atoms with Crippen LogP contribution >= 0.6 is 22.9 Å². The van der Waals surface area contributed by atoms with Crippen molar-refractivity contribution >= 4 is 28.8 Å². The lowest BCUT2D eigenvalue weighted by molar-refractivity contribution is -0.121. The van der Waals surface area contributed by atoms with E-state index in [1.807, 2.05) is 6.07 Å². The highest BCUT2D eigenvalue weighted by molar-refractivity contribution is 7.16. The van der Waals surface area contributed by atoms with Crippen molar-refractivity contribution in [2.75, 3.05) is 13.1 Å². The summed E-state index contributed by atoms with van der Waals surface area (Å²) in [7, 11) is 0. The third kappa shape index (κ3) is 5.06. The largest absolute Gasteiger partial charge is 0.353 e. The Morgan fingerprint density at radius 2 is 2.24 bits per heavy atom. The second kappa shape index (κ2) is 6.38. The standard InChI is InChI=1S/C12H17ClN2OS/c13-11-4-3-10(17-11)5-7-14-8-6-12(16)15-9-1-2-9/h3-4,9,14H,1-2,5-8H2,(H,15,16). The van der Waals surface area contributed by atoms with Gasteiger partial charge in [0.25, 0.3) is 0 Å². The number of hydrogen-bond donors (Lipinski definition) is 2. The van der Waals surface area contributed by atoms with Gasteiger partial charge in [0.1, 0.15) is 0 Å². The molecule has 94 valence electrons. The monoisotopic (exact) mass is 272 g/mol. The summed E-state index contributed by atoms with van der Waals surface area (Å²) in [5, 5.41) is 6.24. The quantitative estimate of drug-likeness (QED) is 0.747. The van der Waals surface area contributed by atoms with Crippen molar-refractivity contribution in [3.63, 3.8) is 0 Å². The lowest BCUT2D eigenvalue weighted by atomic mass is 10.3. The zero-order valence-electron chi connectivity index (χ0n) is 9.67. The van der Waals surface area contributed by atoms with Crippen molar-refractivity contribution in [2.24, 2.45) is 0 Å². The molecule has 2 rings (SSSR count). The van der Waals surface area contributed by atoms with Gasteiger partial charge >= 0.3 is 0 Å². The molecule has 0 atom stereocenters. The Morgan fingerprint density at radius 1 is 1.41 bits per heavy atom. The molecule has 1 aliphatic carbocycles. The molecule has 0 spiro atoms. The van der Waals surface area contributed by atoms with Crippen LogP contribution in [0.3, 0.4) is 0 Å². The van der Waals surface area contributed by atoms with Crippen LogP contribution in [0.2, 0.25) is 4.34 Å². The maximum atomic E-state index is 11.4. The first-order chi connectivity index (χ1) is 8.24. The Balaban J connectivity index is 1.49. The zero-order valence-corrected chi connectivity index (χ0v) is 11.2. The highest BCUT2D eigenvalue weighted by Gasteiger charge is 2.22. The van der Waals surface area contributed by atoms with Crippen LogP contribution in [0.15, 0.2) is 12.1 Å². The predicted octanol–water partition coefficient (Wildman–Crippen LogP) is 2.20. The van der Waals surface area contributed by atoms with Crippen molar-refractivity contribution < 1.29 is 4.79 Å². The van der Waals surface area contributed by atoms with Gasteiger partial charge in [0, 0.05) is 23.9 Å². The normalized spacial score (nSPS) is 14.9. The fraction of sp³-hybridized carbons (Fsp3) is 0.583. The SMILES string of the molecule is O=C(CCNCCc1ccc(Cl)s1)NC1CC1. The summed E-state index contributed by atoms with van der Waals surface area (Å²) < 4.78 is 0.837. The molecule has 1 fully saturated rings. The number of thiophene rings is 1. The first-order valence-electron chi connectivity index (χ1n) is 5.98. The maximum Gasteiger partial charge on any atom is 0.221 e. The van der Waals surface area contributed by atoms with Gasteiger partial charge in [-0.05, 0) is 37.9 Å². The Hall–Kier alpha value is -0.580. The van der Waals surface area contributed by atoms with Crippen molar-refractivity contribution in [2.45, 2.75) is 31.7 Å². The molecule has 2 N–H and O–H groups in total. The van der Waals surface area contributed by atoms with Crippen molar-refractivity contribution in [1.29, 1.82) is 0 Å². The van der Waals surface area contributed by atoms with Crippen molar-refractivity contribution in [3.8, 4) is 0 Å². The Bertz CT molecular complexity index is 376. The van der Waals surface area contributed by atoms with Crippen LogP contribution in [0.1, 0.15) is 24.1 Å². The van der Waals surface area contributed by atoms with Gasteiger partial charge in [0.05, 0.1) is 4.34 Å². The summed E-state index contributed by atoms with van der Waals surface area (Å²) in [6.07, 6.45) is 3.85.